The fraction of sp³-hybridized carbons (Fsp3) is 0.125. The minimum absolute atomic E-state index is 0.208. The van der Waals surface area contributed by atoms with E-state index >= 15 is 0 Å². The molecule has 1 aromatic rings. The standard InChI is InChI=1S/C8H9NO4S/c10-14(11,12)9-7-13-6-8-4-2-1-3-5-8/h1-5,7H,6H2,(H,10,11,12). The van der Waals surface area contributed by atoms with Gasteiger partial charge in [0, 0.05) is 0 Å². The van der Waals surface area contributed by atoms with E-state index in [4.69, 9.17) is 9.29 Å². The van der Waals surface area contributed by atoms with Crippen LogP contribution in [0.4, 0.5) is 0 Å². The fourth-order valence-electron chi connectivity index (χ4n) is 0.793. The van der Waals surface area contributed by atoms with Crippen molar-refractivity contribution in [3.63, 3.8) is 0 Å². The molecule has 0 spiro atoms. The van der Waals surface area contributed by atoms with Gasteiger partial charge in [-0.15, -0.1) is 4.40 Å². The van der Waals surface area contributed by atoms with Crippen molar-refractivity contribution >= 4 is 16.7 Å². The minimum Gasteiger partial charge on any atom is -0.478 e. The van der Waals surface area contributed by atoms with Gasteiger partial charge in [-0.05, 0) is 5.56 Å². The zero-order valence-electron chi connectivity index (χ0n) is 7.20. The summed E-state index contributed by atoms with van der Waals surface area (Å²) in [6, 6.07) is 9.16. The van der Waals surface area contributed by atoms with Crippen molar-refractivity contribution in [3.05, 3.63) is 35.9 Å². The summed E-state index contributed by atoms with van der Waals surface area (Å²) in [4.78, 5) is 0. The third-order valence-electron chi connectivity index (χ3n) is 1.34. The maximum absolute atomic E-state index is 10.1. The Bertz CT molecular complexity index is 399. The molecule has 1 N–H and O–H groups in total. The molecule has 5 nitrogen and oxygen atoms in total. The molecule has 0 aliphatic heterocycles. The van der Waals surface area contributed by atoms with Crippen molar-refractivity contribution < 1.29 is 17.7 Å². The maximum Gasteiger partial charge on any atom is 0.381 e. The Balaban J connectivity index is 2.40. The second-order valence-electron chi connectivity index (χ2n) is 2.46. The van der Waals surface area contributed by atoms with Gasteiger partial charge in [-0.25, -0.2) is 0 Å². The Morgan fingerprint density at radius 3 is 2.57 bits per heavy atom. The molecule has 0 aliphatic rings. The molecule has 1 rings (SSSR count). The summed E-state index contributed by atoms with van der Waals surface area (Å²) in [5.74, 6) is 0. The Kier molecular flexibility index (Phi) is 3.61. The lowest BCUT2D eigenvalue weighted by atomic mass is 10.2. The molecular weight excluding hydrogens is 206 g/mol. The highest BCUT2D eigenvalue weighted by molar-refractivity contribution is 7.84. The number of rotatable bonds is 4. The zero-order valence-corrected chi connectivity index (χ0v) is 8.02. The monoisotopic (exact) mass is 215 g/mol. The van der Waals surface area contributed by atoms with Gasteiger partial charge in [0.2, 0.25) is 0 Å². The van der Waals surface area contributed by atoms with Crippen molar-refractivity contribution in [3.8, 4) is 0 Å². The van der Waals surface area contributed by atoms with Crippen LogP contribution in [0.15, 0.2) is 34.7 Å². The normalized spacial score (nSPS) is 11.8. The first-order chi connectivity index (χ1) is 6.58. The van der Waals surface area contributed by atoms with Gasteiger partial charge in [-0.1, -0.05) is 30.3 Å². The average Bonchev–Trinajstić information content (AvgIpc) is 2.13. The topological polar surface area (TPSA) is 76.0 Å². The highest BCUT2D eigenvalue weighted by Gasteiger charge is 1.95. The number of hydrogen-bond acceptors (Lipinski definition) is 3. The van der Waals surface area contributed by atoms with Crippen LogP contribution in [0.2, 0.25) is 0 Å². The van der Waals surface area contributed by atoms with Gasteiger partial charge in [0.25, 0.3) is 0 Å². The maximum atomic E-state index is 10.1. The first kappa shape index (κ1) is 10.7. The molecule has 76 valence electrons. The van der Waals surface area contributed by atoms with E-state index in [9.17, 15) is 8.42 Å². The second-order valence-corrected chi connectivity index (χ2v) is 3.56. The minimum atomic E-state index is -4.33. The Hall–Kier alpha value is -1.40. The van der Waals surface area contributed by atoms with Gasteiger partial charge in [-0.2, -0.15) is 8.42 Å². The zero-order chi connectivity index (χ0) is 10.4. The Morgan fingerprint density at radius 2 is 2.00 bits per heavy atom. The Labute approximate surface area is 81.9 Å². The molecule has 1 aromatic carbocycles. The van der Waals surface area contributed by atoms with Crippen LogP contribution in [0.25, 0.3) is 0 Å². The molecule has 0 aliphatic carbocycles. The summed E-state index contributed by atoms with van der Waals surface area (Å²) in [7, 11) is -4.33. The van der Waals surface area contributed by atoms with Crippen LogP contribution in [0, 0.1) is 0 Å². The van der Waals surface area contributed by atoms with Gasteiger partial charge in [0.15, 0.2) is 6.40 Å². The van der Waals surface area contributed by atoms with Crippen molar-refractivity contribution in [2.24, 2.45) is 4.40 Å². The highest BCUT2D eigenvalue weighted by Crippen LogP contribution is 1.99. The van der Waals surface area contributed by atoms with Gasteiger partial charge >= 0.3 is 10.3 Å². The fourth-order valence-corrected chi connectivity index (χ4v) is 0.962. The van der Waals surface area contributed by atoms with Crippen LogP contribution in [-0.2, 0) is 21.6 Å². The van der Waals surface area contributed by atoms with E-state index in [0.717, 1.165) is 5.56 Å². The number of benzene rings is 1. The third-order valence-corrected chi connectivity index (χ3v) is 1.70. The van der Waals surface area contributed by atoms with Gasteiger partial charge in [0.1, 0.15) is 6.61 Å². The molecular formula is C8H9NO4S. The molecule has 0 radical (unpaired) electrons. The van der Waals surface area contributed by atoms with E-state index in [1.54, 1.807) is 0 Å². The van der Waals surface area contributed by atoms with E-state index in [-0.39, 0.29) is 6.61 Å². The van der Waals surface area contributed by atoms with E-state index in [0.29, 0.717) is 6.40 Å². The summed E-state index contributed by atoms with van der Waals surface area (Å²) in [6.45, 7) is 0.208. The molecule has 0 amide bonds. The van der Waals surface area contributed by atoms with E-state index in [1.807, 2.05) is 30.3 Å². The van der Waals surface area contributed by atoms with Crippen LogP contribution in [0.5, 0.6) is 0 Å². The first-order valence-electron chi connectivity index (χ1n) is 3.75. The molecule has 0 saturated carbocycles. The SMILES string of the molecule is O=S(=O)(O)N=COCc1ccccc1. The summed E-state index contributed by atoms with van der Waals surface area (Å²) in [5.41, 5.74) is 0.884. The summed E-state index contributed by atoms with van der Waals surface area (Å²) in [6.07, 6.45) is 0.697. The predicted octanol–water partition coefficient (Wildman–Crippen LogP) is 1.03. The van der Waals surface area contributed by atoms with Crippen molar-refractivity contribution in [2.75, 3.05) is 0 Å². The number of nitrogens with zero attached hydrogens (tertiary/aromatic N) is 1. The largest absolute Gasteiger partial charge is 0.478 e. The number of hydrogen-bond donors (Lipinski definition) is 1. The molecule has 14 heavy (non-hydrogen) atoms. The number of ether oxygens (including phenoxy) is 1. The summed E-state index contributed by atoms with van der Waals surface area (Å²) in [5, 5.41) is 0. The third kappa shape index (κ3) is 4.58. The van der Waals surface area contributed by atoms with Crippen molar-refractivity contribution in [1.29, 1.82) is 0 Å². The first-order valence-corrected chi connectivity index (χ1v) is 5.14. The van der Waals surface area contributed by atoms with Gasteiger partial charge < -0.3 is 4.74 Å². The average molecular weight is 215 g/mol. The van der Waals surface area contributed by atoms with Crippen molar-refractivity contribution in [1.82, 2.24) is 0 Å². The lowest BCUT2D eigenvalue weighted by Crippen LogP contribution is -1.95. The van der Waals surface area contributed by atoms with Crippen LogP contribution in [0.3, 0.4) is 0 Å². The summed E-state index contributed by atoms with van der Waals surface area (Å²) < 4.78 is 36.0. The van der Waals surface area contributed by atoms with E-state index in [2.05, 4.69) is 4.40 Å². The lowest BCUT2D eigenvalue weighted by molar-refractivity contribution is 0.308. The van der Waals surface area contributed by atoms with Crippen LogP contribution in [-0.4, -0.2) is 19.4 Å². The second kappa shape index (κ2) is 4.73. The van der Waals surface area contributed by atoms with E-state index in [1.165, 1.54) is 0 Å². The molecule has 0 bridgehead atoms. The highest BCUT2D eigenvalue weighted by atomic mass is 32.2. The molecule has 0 unspecified atom stereocenters. The van der Waals surface area contributed by atoms with Gasteiger partial charge in [-0.3, -0.25) is 4.55 Å². The molecule has 0 aromatic heterocycles. The Morgan fingerprint density at radius 1 is 1.36 bits per heavy atom. The van der Waals surface area contributed by atoms with Crippen LogP contribution in [0.1, 0.15) is 5.56 Å². The molecule has 0 heterocycles. The molecule has 0 fully saturated rings. The summed E-state index contributed by atoms with van der Waals surface area (Å²) >= 11 is 0. The smallest absolute Gasteiger partial charge is 0.381 e. The lowest BCUT2D eigenvalue weighted by Gasteiger charge is -1.98. The van der Waals surface area contributed by atoms with Gasteiger partial charge in [0.05, 0.1) is 0 Å². The predicted molar refractivity (Wildman–Crippen MR) is 51.3 cm³/mol. The van der Waals surface area contributed by atoms with Crippen LogP contribution < -0.4 is 0 Å². The van der Waals surface area contributed by atoms with Crippen molar-refractivity contribution in [2.45, 2.75) is 6.61 Å². The molecule has 0 atom stereocenters. The molecule has 6 heteroatoms. The molecule has 0 saturated heterocycles. The van der Waals surface area contributed by atoms with E-state index < -0.39 is 10.3 Å². The van der Waals surface area contributed by atoms with Crippen LogP contribution >= 0.6 is 0 Å². The quantitative estimate of drug-likeness (QED) is 0.462.